The molecule has 0 radical (unpaired) electrons. The van der Waals surface area contributed by atoms with E-state index >= 15 is 0 Å². The van der Waals surface area contributed by atoms with Crippen LogP contribution < -0.4 is 5.73 Å². The first-order valence-electron chi connectivity index (χ1n) is 4.50. The van der Waals surface area contributed by atoms with Gasteiger partial charge in [0, 0.05) is 12.5 Å². The summed E-state index contributed by atoms with van der Waals surface area (Å²) in [5, 5.41) is 4.10. The third-order valence-electron chi connectivity index (χ3n) is 2.18. The minimum atomic E-state index is -0.201. The molecule has 0 aliphatic rings. The second-order valence-electron chi connectivity index (χ2n) is 3.23. The number of hydrogen-bond donors (Lipinski definition) is 1. The van der Waals surface area contributed by atoms with Gasteiger partial charge in [0.05, 0.1) is 7.11 Å². The first-order chi connectivity index (χ1) is 6.65. The Morgan fingerprint density at radius 1 is 1.64 bits per heavy atom. The van der Waals surface area contributed by atoms with Gasteiger partial charge in [0.2, 0.25) is 0 Å². The van der Waals surface area contributed by atoms with Gasteiger partial charge in [0.25, 0.3) is 0 Å². The number of rotatable bonds is 4. The summed E-state index contributed by atoms with van der Waals surface area (Å²) in [4.78, 5) is 10.9. The van der Waals surface area contributed by atoms with Gasteiger partial charge in [-0.15, -0.1) is 0 Å². The Labute approximate surface area is 87.9 Å². The molecule has 2 N–H and O–H groups in total. The van der Waals surface area contributed by atoms with Gasteiger partial charge < -0.3 is 10.5 Å². The van der Waals surface area contributed by atoms with Gasteiger partial charge in [-0.25, -0.2) is 0 Å². The zero-order valence-corrected chi connectivity index (χ0v) is 9.26. The minimum Gasteiger partial charge on any atom is -0.469 e. The molecular weight excluding hydrogens is 198 g/mol. The van der Waals surface area contributed by atoms with Gasteiger partial charge in [0.15, 0.2) is 0 Å². The monoisotopic (exact) mass is 213 g/mol. The van der Waals surface area contributed by atoms with E-state index < -0.39 is 0 Å². The summed E-state index contributed by atoms with van der Waals surface area (Å²) in [5.41, 5.74) is 8.28. The molecule has 1 unspecified atom stereocenters. The maximum absolute atomic E-state index is 10.9. The number of methoxy groups -OCH3 is 1. The van der Waals surface area contributed by atoms with E-state index in [0.717, 1.165) is 5.56 Å². The highest BCUT2D eigenvalue weighted by molar-refractivity contribution is 7.08. The molecule has 78 valence electrons. The molecule has 1 heterocycles. The van der Waals surface area contributed by atoms with Crippen molar-refractivity contribution in [3.05, 3.63) is 21.9 Å². The average molecular weight is 213 g/mol. The van der Waals surface area contributed by atoms with Crippen molar-refractivity contribution >= 4 is 17.3 Å². The third kappa shape index (κ3) is 2.82. The van der Waals surface area contributed by atoms with Crippen LogP contribution in [0.25, 0.3) is 0 Å². The lowest BCUT2D eigenvalue weighted by Gasteiger charge is -2.10. The fourth-order valence-electron chi connectivity index (χ4n) is 1.28. The van der Waals surface area contributed by atoms with Crippen LogP contribution in [0.2, 0.25) is 0 Å². The van der Waals surface area contributed by atoms with E-state index in [4.69, 9.17) is 5.73 Å². The van der Waals surface area contributed by atoms with E-state index in [2.05, 4.69) is 10.1 Å². The van der Waals surface area contributed by atoms with Crippen LogP contribution in [0.3, 0.4) is 0 Å². The third-order valence-corrected chi connectivity index (χ3v) is 3.06. The maximum Gasteiger partial charge on any atom is 0.305 e. The molecular formula is C10H15NO2S. The van der Waals surface area contributed by atoms with Crippen LogP contribution >= 0.6 is 11.3 Å². The Morgan fingerprint density at radius 3 is 2.86 bits per heavy atom. The maximum atomic E-state index is 10.9. The minimum absolute atomic E-state index is 0.0552. The van der Waals surface area contributed by atoms with Crippen molar-refractivity contribution in [1.82, 2.24) is 0 Å². The summed E-state index contributed by atoms with van der Waals surface area (Å²) < 4.78 is 4.56. The summed E-state index contributed by atoms with van der Waals surface area (Å²) >= 11 is 1.64. The summed E-state index contributed by atoms with van der Waals surface area (Å²) in [6, 6.07) is -0.0552. The fourth-order valence-corrected chi connectivity index (χ4v) is 2.20. The number of thiophene rings is 1. The van der Waals surface area contributed by atoms with Crippen molar-refractivity contribution in [3.8, 4) is 0 Å². The normalized spacial score (nSPS) is 12.5. The van der Waals surface area contributed by atoms with Gasteiger partial charge >= 0.3 is 5.97 Å². The van der Waals surface area contributed by atoms with Gasteiger partial charge in [-0.05, 0) is 35.2 Å². The number of aryl methyl sites for hydroxylation is 1. The average Bonchev–Trinajstić information content (AvgIpc) is 2.60. The SMILES string of the molecule is COC(=O)CCC(N)c1cscc1C. The lowest BCUT2D eigenvalue weighted by atomic mass is 10.0. The molecule has 1 atom stereocenters. The van der Waals surface area contributed by atoms with E-state index in [-0.39, 0.29) is 12.0 Å². The van der Waals surface area contributed by atoms with Crippen LogP contribution in [0.1, 0.15) is 30.0 Å². The standard InChI is InChI=1S/C10H15NO2S/c1-7-5-14-6-8(7)9(11)3-4-10(12)13-2/h5-6,9H,3-4,11H2,1-2H3. The molecule has 0 saturated carbocycles. The summed E-state index contributed by atoms with van der Waals surface area (Å²) in [5.74, 6) is -0.201. The molecule has 0 spiro atoms. The topological polar surface area (TPSA) is 52.3 Å². The number of nitrogens with two attached hydrogens (primary N) is 1. The van der Waals surface area contributed by atoms with Crippen molar-refractivity contribution < 1.29 is 9.53 Å². The molecule has 14 heavy (non-hydrogen) atoms. The van der Waals surface area contributed by atoms with Crippen molar-refractivity contribution in [2.45, 2.75) is 25.8 Å². The van der Waals surface area contributed by atoms with Gasteiger partial charge in [-0.2, -0.15) is 11.3 Å². The highest BCUT2D eigenvalue weighted by Crippen LogP contribution is 2.23. The molecule has 0 fully saturated rings. The van der Waals surface area contributed by atoms with Gasteiger partial charge in [-0.3, -0.25) is 4.79 Å². The number of carbonyl (C=O) groups excluding carboxylic acids is 1. The van der Waals surface area contributed by atoms with E-state index in [1.807, 2.05) is 12.3 Å². The molecule has 1 aromatic rings. The lowest BCUT2D eigenvalue weighted by molar-refractivity contribution is -0.140. The van der Waals surface area contributed by atoms with Crippen molar-refractivity contribution in [1.29, 1.82) is 0 Å². The summed E-state index contributed by atoms with van der Waals surface area (Å²) in [7, 11) is 1.39. The predicted molar refractivity (Wildman–Crippen MR) is 57.2 cm³/mol. The van der Waals surface area contributed by atoms with Crippen LogP contribution in [0.15, 0.2) is 10.8 Å². The number of hydrogen-bond acceptors (Lipinski definition) is 4. The summed E-state index contributed by atoms with van der Waals surface area (Å²) in [6.45, 7) is 2.03. The van der Waals surface area contributed by atoms with Crippen molar-refractivity contribution in [3.63, 3.8) is 0 Å². The molecule has 0 aromatic carbocycles. The van der Waals surface area contributed by atoms with Crippen LogP contribution in [0, 0.1) is 6.92 Å². The first kappa shape index (κ1) is 11.2. The molecule has 0 aliphatic carbocycles. The molecule has 0 aliphatic heterocycles. The Balaban J connectivity index is 2.47. The van der Waals surface area contributed by atoms with Crippen molar-refractivity contribution in [2.24, 2.45) is 5.73 Å². The number of carbonyl (C=O) groups is 1. The fraction of sp³-hybridized carbons (Fsp3) is 0.500. The second kappa shape index (κ2) is 5.12. The lowest BCUT2D eigenvalue weighted by Crippen LogP contribution is -2.13. The summed E-state index contributed by atoms with van der Waals surface area (Å²) in [6.07, 6.45) is 1.03. The molecule has 4 heteroatoms. The number of esters is 1. The zero-order chi connectivity index (χ0) is 10.6. The highest BCUT2D eigenvalue weighted by Gasteiger charge is 2.11. The number of ether oxygens (including phenoxy) is 1. The smallest absolute Gasteiger partial charge is 0.305 e. The van der Waals surface area contributed by atoms with Gasteiger partial charge in [-0.1, -0.05) is 0 Å². The van der Waals surface area contributed by atoms with Crippen LogP contribution in [-0.2, 0) is 9.53 Å². The second-order valence-corrected chi connectivity index (χ2v) is 3.98. The largest absolute Gasteiger partial charge is 0.469 e. The van der Waals surface area contributed by atoms with E-state index in [1.165, 1.54) is 12.7 Å². The molecule has 1 rings (SSSR count). The van der Waals surface area contributed by atoms with Crippen LogP contribution in [-0.4, -0.2) is 13.1 Å². The van der Waals surface area contributed by atoms with E-state index in [0.29, 0.717) is 12.8 Å². The molecule has 0 amide bonds. The quantitative estimate of drug-likeness (QED) is 0.778. The Bertz CT molecular complexity index is 309. The van der Waals surface area contributed by atoms with E-state index in [1.54, 1.807) is 11.3 Å². The van der Waals surface area contributed by atoms with Gasteiger partial charge in [0.1, 0.15) is 0 Å². The van der Waals surface area contributed by atoms with E-state index in [9.17, 15) is 4.79 Å². The Hall–Kier alpha value is -0.870. The van der Waals surface area contributed by atoms with Crippen LogP contribution in [0.4, 0.5) is 0 Å². The van der Waals surface area contributed by atoms with Crippen molar-refractivity contribution in [2.75, 3.05) is 7.11 Å². The molecule has 1 aromatic heterocycles. The molecule has 0 bridgehead atoms. The highest BCUT2D eigenvalue weighted by atomic mass is 32.1. The first-order valence-corrected chi connectivity index (χ1v) is 5.44. The molecule has 0 saturated heterocycles. The Kier molecular flexibility index (Phi) is 4.10. The predicted octanol–water partition coefficient (Wildman–Crippen LogP) is 2.01. The zero-order valence-electron chi connectivity index (χ0n) is 8.45. The van der Waals surface area contributed by atoms with Crippen LogP contribution in [0.5, 0.6) is 0 Å². The Morgan fingerprint density at radius 2 is 2.36 bits per heavy atom. The molecule has 3 nitrogen and oxygen atoms in total.